The topological polar surface area (TPSA) is 106 Å². The molecule has 104 valence electrons. The molecule has 2 rings (SSSR count). The number of hydrogen-bond acceptors (Lipinski definition) is 6. The van der Waals surface area contributed by atoms with Gasteiger partial charge in [0.25, 0.3) is 0 Å². The van der Waals surface area contributed by atoms with Crippen LogP contribution in [0.15, 0.2) is 27.5 Å². The molecule has 19 heavy (non-hydrogen) atoms. The Balaban J connectivity index is 2.42. The lowest BCUT2D eigenvalue weighted by Gasteiger charge is -2.18. The molecule has 1 aromatic carbocycles. The third-order valence-corrected chi connectivity index (χ3v) is 3.91. The van der Waals surface area contributed by atoms with Gasteiger partial charge in [-0.25, -0.2) is 13.4 Å². The molecule has 1 aromatic heterocycles. The van der Waals surface area contributed by atoms with E-state index in [1.165, 1.54) is 12.1 Å². The summed E-state index contributed by atoms with van der Waals surface area (Å²) in [5.41, 5.74) is 5.27. The second-order valence-corrected chi connectivity index (χ2v) is 6.90. The summed E-state index contributed by atoms with van der Waals surface area (Å²) in [6.07, 6.45) is 1.31. The summed E-state index contributed by atoms with van der Waals surface area (Å²) in [6.45, 7) is 1.67. The molecule has 1 unspecified atom stereocenters. The average Bonchev–Trinajstić information content (AvgIpc) is 2.67. The van der Waals surface area contributed by atoms with Crippen molar-refractivity contribution in [2.75, 3.05) is 12.8 Å². The Labute approximate surface area is 111 Å². The number of benzene rings is 1. The average molecular weight is 284 g/mol. The summed E-state index contributed by atoms with van der Waals surface area (Å²) in [7, 11) is -3.28. The number of rotatable bonds is 4. The molecular formula is C12H16N2O4S. The monoisotopic (exact) mass is 284 g/mol. The maximum atomic E-state index is 11.4. The minimum Gasteiger partial charge on any atom is -0.441 e. The molecule has 0 saturated heterocycles. The van der Waals surface area contributed by atoms with E-state index in [2.05, 4.69) is 4.98 Å². The first-order chi connectivity index (χ1) is 8.71. The Hall–Kier alpha value is -1.44. The summed E-state index contributed by atoms with van der Waals surface area (Å²) in [5.74, 6) is 0.330. The van der Waals surface area contributed by atoms with Gasteiger partial charge in [0.15, 0.2) is 21.3 Å². The van der Waals surface area contributed by atoms with Gasteiger partial charge in [-0.2, -0.15) is 0 Å². The summed E-state index contributed by atoms with van der Waals surface area (Å²) < 4.78 is 28.3. The van der Waals surface area contributed by atoms with Crippen LogP contribution in [-0.4, -0.2) is 36.9 Å². The Kier molecular flexibility index (Phi) is 3.38. The van der Waals surface area contributed by atoms with Crippen molar-refractivity contribution < 1.29 is 17.9 Å². The molecule has 1 heterocycles. The molecule has 0 amide bonds. The van der Waals surface area contributed by atoms with Crippen molar-refractivity contribution in [3.05, 3.63) is 24.1 Å². The van der Waals surface area contributed by atoms with Crippen molar-refractivity contribution in [1.29, 1.82) is 0 Å². The number of aliphatic hydroxyl groups is 1. The van der Waals surface area contributed by atoms with Crippen molar-refractivity contribution in [2.45, 2.75) is 23.8 Å². The van der Waals surface area contributed by atoms with Crippen molar-refractivity contribution in [1.82, 2.24) is 4.98 Å². The van der Waals surface area contributed by atoms with Crippen LogP contribution in [-0.2, 0) is 16.3 Å². The van der Waals surface area contributed by atoms with Gasteiger partial charge in [0.05, 0.1) is 16.9 Å². The highest BCUT2D eigenvalue weighted by Crippen LogP contribution is 2.22. The van der Waals surface area contributed by atoms with Crippen LogP contribution in [0.5, 0.6) is 0 Å². The molecule has 3 N–H and O–H groups in total. The number of hydrogen-bond donors (Lipinski definition) is 2. The fourth-order valence-electron chi connectivity index (χ4n) is 1.66. The first-order valence-electron chi connectivity index (χ1n) is 5.73. The van der Waals surface area contributed by atoms with Crippen LogP contribution in [0.1, 0.15) is 12.8 Å². The zero-order chi connectivity index (χ0) is 14.3. The quantitative estimate of drug-likeness (QED) is 0.846. The van der Waals surface area contributed by atoms with E-state index in [-0.39, 0.29) is 17.9 Å². The van der Waals surface area contributed by atoms with Gasteiger partial charge in [0.1, 0.15) is 5.52 Å². The normalized spacial score (nSPS) is 15.6. The van der Waals surface area contributed by atoms with Crippen molar-refractivity contribution in [3.8, 4) is 0 Å². The van der Waals surface area contributed by atoms with E-state index in [0.717, 1.165) is 6.26 Å². The van der Waals surface area contributed by atoms with E-state index in [1.54, 1.807) is 13.0 Å². The fraction of sp³-hybridized carbons (Fsp3) is 0.417. The van der Waals surface area contributed by atoms with Gasteiger partial charge in [-0.15, -0.1) is 0 Å². The number of oxazole rings is 1. The Bertz CT molecular complexity index is 704. The summed E-state index contributed by atoms with van der Waals surface area (Å²) in [5, 5.41) is 9.86. The minimum atomic E-state index is -3.28. The third kappa shape index (κ3) is 3.12. The third-order valence-electron chi connectivity index (χ3n) is 2.80. The molecule has 0 bridgehead atoms. The van der Waals surface area contributed by atoms with Crippen molar-refractivity contribution in [3.63, 3.8) is 0 Å². The van der Waals surface area contributed by atoms with Crippen LogP contribution < -0.4 is 5.73 Å². The van der Waals surface area contributed by atoms with Gasteiger partial charge in [-0.05, 0) is 25.1 Å². The molecule has 0 fully saturated rings. The largest absolute Gasteiger partial charge is 0.441 e. The molecule has 0 saturated carbocycles. The molecule has 0 aliphatic heterocycles. The van der Waals surface area contributed by atoms with Gasteiger partial charge >= 0.3 is 0 Å². The van der Waals surface area contributed by atoms with E-state index < -0.39 is 15.4 Å². The van der Waals surface area contributed by atoms with Crippen molar-refractivity contribution >= 4 is 20.9 Å². The Morgan fingerprint density at radius 2 is 2.16 bits per heavy atom. The van der Waals surface area contributed by atoms with E-state index in [9.17, 15) is 13.5 Å². The van der Waals surface area contributed by atoms with Gasteiger partial charge in [-0.1, -0.05) is 0 Å². The number of sulfone groups is 1. The Morgan fingerprint density at radius 3 is 2.74 bits per heavy atom. The lowest BCUT2D eigenvalue weighted by atomic mass is 10.0. The highest BCUT2D eigenvalue weighted by molar-refractivity contribution is 7.90. The minimum absolute atomic E-state index is 0.0836. The Morgan fingerprint density at radius 1 is 1.47 bits per heavy atom. The molecule has 2 aromatic rings. The van der Waals surface area contributed by atoms with Crippen LogP contribution in [0.3, 0.4) is 0 Å². The predicted molar refractivity (Wildman–Crippen MR) is 70.5 cm³/mol. The molecule has 7 heteroatoms. The molecule has 0 aliphatic carbocycles. The summed E-state index contributed by atoms with van der Waals surface area (Å²) in [6, 6.07) is 4.47. The second-order valence-electron chi connectivity index (χ2n) is 4.89. The molecule has 0 spiro atoms. The van der Waals surface area contributed by atoms with Gasteiger partial charge in [0.2, 0.25) is 0 Å². The highest BCUT2D eigenvalue weighted by Gasteiger charge is 2.22. The van der Waals surface area contributed by atoms with E-state index >= 15 is 0 Å². The maximum Gasteiger partial charge on any atom is 0.198 e. The number of aromatic nitrogens is 1. The summed E-state index contributed by atoms with van der Waals surface area (Å²) in [4.78, 5) is 4.36. The number of nitrogens with zero attached hydrogens (tertiary/aromatic N) is 1. The fourth-order valence-corrected chi connectivity index (χ4v) is 2.30. The highest BCUT2D eigenvalue weighted by atomic mass is 32.2. The molecule has 6 nitrogen and oxygen atoms in total. The van der Waals surface area contributed by atoms with Crippen LogP contribution >= 0.6 is 0 Å². The molecule has 0 aliphatic rings. The van der Waals surface area contributed by atoms with Gasteiger partial charge in [-0.3, -0.25) is 0 Å². The summed E-state index contributed by atoms with van der Waals surface area (Å²) >= 11 is 0. The predicted octanol–water partition coefficient (Wildman–Crippen LogP) is 0.483. The van der Waals surface area contributed by atoms with E-state index in [4.69, 9.17) is 10.2 Å². The van der Waals surface area contributed by atoms with Crippen LogP contribution in [0, 0.1) is 0 Å². The zero-order valence-corrected chi connectivity index (χ0v) is 11.6. The zero-order valence-electron chi connectivity index (χ0n) is 10.8. The van der Waals surface area contributed by atoms with Gasteiger partial charge < -0.3 is 15.3 Å². The number of nitrogens with two attached hydrogens (primary N) is 1. The lowest BCUT2D eigenvalue weighted by Crippen LogP contribution is -2.36. The van der Waals surface area contributed by atoms with E-state index in [0.29, 0.717) is 17.0 Å². The van der Waals surface area contributed by atoms with Crippen LogP contribution in [0.25, 0.3) is 11.1 Å². The van der Waals surface area contributed by atoms with Crippen molar-refractivity contribution in [2.24, 2.45) is 5.73 Å². The smallest absolute Gasteiger partial charge is 0.198 e. The SMILES string of the molecule is CC(O)(CN)Cc1nc2cc(S(C)(=O)=O)ccc2o1. The molecule has 0 radical (unpaired) electrons. The first kappa shape index (κ1) is 14.0. The maximum absolute atomic E-state index is 11.4. The molecule has 1 atom stereocenters. The first-order valence-corrected chi connectivity index (χ1v) is 7.62. The lowest BCUT2D eigenvalue weighted by molar-refractivity contribution is 0.0632. The second kappa shape index (κ2) is 4.59. The molecular weight excluding hydrogens is 268 g/mol. The number of fused-ring (bicyclic) bond motifs is 1. The van der Waals surface area contributed by atoms with Crippen LogP contribution in [0.2, 0.25) is 0 Å². The van der Waals surface area contributed by atoms with Crippen LogP contribution in [0.4, 0.5) is 0 Å². The standard InChI is InChI=1S/C12H16N2O4S/c1-12(15,7-13)6-11-14-9-5-8(19(2,16)17)3-4-10(9)18-11/h3-5,15H,6-7,13H2,1-2H3. The van der Waals surface area contributed by atoms with E-state index in [1.807, 2.05) is 0 Å². The van der Waals surface area contributed by atoms with Gasteiger partial charge in [0, 0.05) is 12.8 Å².